The van der Waals surface area contributed by atoms with Gasteiger partial charge in [-0.15, -0.1) is 0 Å². The van der Waals surface area contributed by atoms with E-state index >= 15 is 0 Å². The van der Waals surface area contributed by atoms with Crippen LogP contribution in [0.25, 0.3) is 0 Å². The molecule has 1 heterocycles. The predicted octanol–water partition coefficient (Wildman–Crippen LogP) is 1.30. The van der Waals surface area contributed by atoms with E-state index in [1.54, 1.807) is 4.90 Å². The zero-order valence-corrected chi connectivity index (χ0v) is 11.0. The topological polar surface area (TPSA) is 49.4 Å². The zero-order valence-electron chi connectivity index (χ0n) is 11.0. The van der Waals surface area contributed by atoms with Gasteiger partial charge in [0.05, 0.1) is 0 Å². The normalized spacial score (nSPS) is 33.8. The summed E-state index contributed by atoms with van der Waals surface area (Å²) in [5.74, 6) is 0.486. The fraction of sp³-hybridized carbons (Fsp3) is 0.846. The smallest absolute Gasteiger partial charge is 0.249 e. The lowest BCUT2D eigenvalue weighted by Gasteiger charge is -2.44. The summed E-state index contributed by atoms with van der Waals surface area (Å²) in [6.45, 7) is 6.58. The Morgan fingerprint density at radius 3 is 2.47 bits per heavy atom. The third kappa shape index (κ3) is 1.94. The van der Waals surface area contributed by atoms with Gasteiger partial charge in [-0.2, -0.15) is 0 Å². The Morgan fingerprint density at radius 2 is 2.00 bits per heavy atom. The molecule has 0 spiro atoms. The molecule has 17 heavy (non-hydrogen) atoms. The van der Waals surface area contributed by atoms with Crippen LogP contribution in [0.4, 0.5) is 0 Å². The monoisotopic (exact) mass is 238 g/mol. The molecule has 0 radical (unpaired) electrons. The molecule has 4 heteroatoms. The van der Waals surface area contributed by atoms with Crippen LogP contribution in [0.5, 0.6) is 0 Å². The fourth-order valence-electron chi connectivity index (χ4n) is 2.82. The van der Waals surface area contributed by atoms with E-state index in [-0.39, 0.29) is 17.9 Å². The Bertz CT molecular complexity index is 338. The predicted molar refractivity (Wildman–Crippen MR) is 65.4 cm³/mol. The molecule has 2 aliphatic rings. The molecule has 1 aliphatic carbocycles. The summed E-state index contributed by atoms with van der Waals surface area (Å²) in [7, 11) is 0. The van der Waals surface area contributed by atoms with Gasteiger partial charge in [-0.3, -0.25) is 9.59 Å². The second-order valence-electron chi connectivity index (χ2n) is 5.39. The minimum atomic E-state index is -0.641. The highest BCUT2D eigenvalue weighted by atomic mass is 16.2. The first kappa shape index (κ1) is 12.4. The van der Waals surface area contributed by atoms with Crippen molar-refractivity contribution >= 4 is 11.8 Å². The van der Waals surface area contributed by atoms with Gasteiger partial charge in [0.1, 0.15) is 11.6 Å². The molecule has 2 atom stereocenters. The molecule has 2 unspecified atom stereocenters. The minimum Gasteiger partial charge on any atom is -0.340 e. The number of amides is 2. The number of carbonyl (C=O) groups is 2. The number of hydrogen-bond acceptors (Lipinski definition) is 2. The van der Waals surface area contributed by atoms with Gasteiger partial charge in [0, 0.05) is 6.54 Å². The van der Waals surface area contributed by atoms with Gasteiger partial charge in [-0.25, -0.2) is 0 Å². The van der Waals surface area contributed by atoms with Gasteiger partial charge in [0.15, 0.2) is 0 Å². The van der Waals surface area contributed by atoms with Crippen molar-refractivity contribution in [2.45, 2.75) is 58.0 Å². The van der Waals surface area contributed by atoms with Gasteiger partial charge in [-0.1, -0.05) is 13.8 Å². The summed E-state index contributed by atoms with van der Waals surface area (Å²) in [6.07, 6.45) is 3.70. The number of carbonyl (C=O) groups excluding carboxylic acids is 2. The minimum absolute atomic E-state index is 0.0231. The second-order valence-corrected chi connectivity index (χ2v) is 5.39. The van der Waals surface area contributed by atoms with Crippen molar-refractivity contribution in [1.29, 1.82) is 0 Å². The van der Waals surface area contributed by atoms with E-state index in [1.165, 1.54) is 0 Å². The molecule has 1 N–H and O–H groups in total. The van der Waals surface area contributed by atoms with E-state index in [9.17, 15) is 9.59 Å². The quantitative estimate of drug-likeness (QED) is 0.802. The van der Waals surface area contributed by atoms with Crippen molar-refractivity contribution in [2.24, 2.45) is 5.92 Å². The maximum absolute atomic E-state index is 12.5. The Balaban J connectivity index is 2.25. The largest absolute Gasteiger partial charge is 0.340 e. The summed E-state index contributed by atoms with van der Waals surface area (Å²) in [6, 6.07) is -0.269. The number of piperazine rings is 1. The van der Waals surface area contributed by atoms with Crippen molar-refractivity contribution in [3.05, 3.63) is 0 Å². The molecule has 1 saturated heterocycles. The van der Waals surface area contributed by atoms with Gasteiger partial charge in [-0.05, 0) is 38.5 Å². The first-order chi connectivity index (χ1) is 8.04. The summed E-state index contributed by atoms with van der Waals surface area (Å²) < 4.78 is 0. The summed E-state index contributed by atoms with van der Waals surface area (Å²) in [4.78, 5) is 26.4. The van der Waals surface area contributed by atoms with Crippen LogP contribution in [0, 0.1) is 5.92 Å². The third-order valence-corrected chi connectivity index (χ3v) is 4.01. The summed E-state index contributed by atoms with van der Waals surface area (Å²) >= 11 is 0. The SMILES string of the molecule is CCCN1C(=O)C(C)(C2CC2)NC(=O)C1CC. The van der Waals surface area contributed by atoms with Gasteiger partial charge < -0.3 is 10.2 Å². The highest BCUT2D eigenvalue weighted by Gasteiger charge is 2.54. The third-order valence-electron chi connectivity index (χ3n) is 4.01. The number of nitrogens with zero attached hydrogens (tertiary/aromatic N) is 1. The van der Waals surface area contributed by atoms with E-state index in [0.717, 1.165) is 19.3 Å². The maximum atomic E-state index is 12.5. The molecule has 0 bridgehead atoms. The van der Waals surface area contributed by atoms with Crippen LogP contribution < -0.4 is 5.32 Å². The van der Waals surface area contributed by atoms with Crippen LogP contribution in [-0.4, -0.2) is 34.8 Å². The van der Waals surface area contributed by atoms with Crippen molar-refractivity contribution < 1.29 is 9.59 Å². The Morgan fingerprint density at radius 1 is 1.35 bits per heavy atom. The van der Waals surface area contributed by atoms with Crippen molar-refractivity contribution in [3.63, 3.8) is 0 Å². The van der Waals surface area contributed by atoms with Crippen LogP contribution in [0.1, 0.15) is 46.5 Å². The molecule has 2 fully saturated rings. The fourth-order valence-corrected chi connectivity index (χ4v) is 2.82. The van der Waals surface area contributed by atoms with Gasteiger partial charge in [0.2, 0.25) is 11.8 Å². The highest BCUT2D eigenvalue weighted by molar-refractivity contribution is 6.00. The second kappa shape index (κ2) is 4.31. The molecule has 4 nitrogen and oxygen atoms in total. The molecule has 96 valence electrons. The number of nitrogens with one attached hydrogen (secondary N) is 1. The summed E-state index contributed by atoms with van der Waals surface area (Å²) in [5, 5.41) is 2.96. The lowest BCUT2D eigenvalue weighted by atomic mass is 9.89. The Labute approximate surface area is 103 Å². The number of hydrogen-bond donors (Lipinski definition) is 1. The van der Waals surface area contributed by atoms with E-state index < -0.39 is 5.54 Å². The standard InChI is InChI=1S/C13H22N2O2/c1-4-8-15-10(5-2)11(16)14-13(3,12(15)17)9-6-7-9/h9-10H,4-8H2,1-3H3,(H,14,16). The van der Waals surface area contributed by atoms with Crippen LogP contribution in [0.15, 0.2) is 0 Å². The lowest BCUT2D eigenvalue weighted by molar-refractivity contribution is -0.155. The van der Waals surface area contributed by atoms with Gasteiger partial charge in [0.25, 0.3) is 0 Å². The van der Waals surface area contributed by atoms with Gasteiger partial charge >= 0.3 is 0 Å². The van der Waals surface area contributed by atoms with Crippen LogP contribution in [-0.2, 0) is 9.59 Å². The highest BCUT2D eigenvalue weighted by Crippen LogP contribution is 2.42. The Kier molecular flexibility index (Phi) is 3.15. The van der Waals surface area contributed by atoms with Crippen LogP contribution >= 0.6 is 0 Å². The summed E-state index contributed by atoms with van der Waals surface area (Å²) in [5.41, 5.74) is -0.641. The molecule has 1 saturated carbocycles. The van der Waals surface area contributed by atoms with E-state index in [4.69, 9.17) is 0 Å². The molecule has 0 aromatic rings. The molecular weight excluding hydrogens is 216 g/mol. The first-order valence-electron chi connectivity index (χ1n) is 6.67. The molecular formula is C13H22N2O2. The van der Waals surface area contributed by atoms with E-state index in [2.05, 4.69) is 5.32 Å². The molecule has 2 amide bonds. The first-order valence-corrected chi connectivity index (χ1v) is 6.67. The van der Waals surface area contributed by atoms with E-state index in [0.29, 0.717) is 18.9 Å². The van der Waals surface area contributed by atoms with Crippen molar-refractivity contribution in [3.8, 4) is 0 Å². The molecule has 2 rings (SSSR count). The molecule has 0 aromatic carbocycles. The average molecular weight is 238 g/mol. The molecule has 0 aromatic heterocycles. The van der Waals surface area contributed by atoms with Crippen LogP contribution in [0.2, 0.25) is 0 Å². The number of rotatable bonds is 4. The van der Waals surface area contributed by atoms with Crippen LogP contribution in [0.3, 0.4) is 0 Å². The van der Waals surface area contributed by atoms with Crippen molar-refractivity contribution in [1.82, 2.24) is 10.2 Å². The average Bonchev–Trinajstić information content (AvgIpc) is 3.10. The Hall–Kier alpha value is -1.06. The van der Waals surface area contributed by atoms with E-state index in [1.807, 2.05) is 20.8 Å². The molecule has 1 aliphatic heterocycles. The zero-order chi connectivity index (χ0) is 12.6. The maximum Gasteiger partial charge on any atom is 0.249 e. The lowest BCUT2D eigenvalue weighted by Crippen LogP contribution is -2.70. The van der Waals surface area contributed by atoms with Crippen molar-refractivity contribution in [2.75, 3.05) is 6.54 Å².